The average molecular weight is 379 g/mol. The van der Waals surface area contributed by atoms with Crippen LogP contribution >= 0.6 is 0 Å². The minimum Gasteiger partial charge on any atom is -0.480 e. The topological polar surface area (TPSA) is 134 Å². The van der Waals surface area contributed by atoms with Crippen molar-refractivity contribution >= 4 is 23.9 Å². The van der Waals surface area contributed by atoms with E-state index in [1.165, 1.54) is 0 Å². The van der Waals surface area contributed by atoms with Crippen LogP contribution in [0.4, 0.5) is 4.79 Å². The maximum atomic E-state index is 12.2. The van der Waals surface area contributed by atoms with Gasteiger partial charge in [0.2, 0.25) is 11.8 Å². The van der Waals surface area contributed by atoms with Gasteiger partial charge in [0.15, 0.2) is 0 Å². The van der Waals surface area contributed by atoms with Crippen molar-refractivity contribution in [3.63, 3.8) is 0 Å². The van der Waals surface area contributed by atoms with Crippen molar-refractivity contribution in [1.82, 2.24) is 16.0 Å². The second kappa shape index (κ2) is 10.1. The van der Waals surface area contributed by atoms with Gasteiger partial charge < -0.3 is 25.8 Å². The summed E-state index contributed by atoms with van der Waals surface area (Å²) in [5.74, 6) is -2.43. The molecular weight excluding hydrogens is 354 g/mol. The number of carbonyl (C=O) groups excluding carboxylic acids is 3. The molecule has 0 radical (unpaired) electrons. The Morgan fingerprint density at radius 3 is 2.22 bits per heavy atom. The van der Waals surface area contributed by atoms with Gasteiger partial charge >= 0.3 is 12.1 Å². The Bertz CT molecular complexity index is 669. The number of hydrogen-bond acceptors (Lipinski definition) is 5. The number of rotatable bonds is 8. The molecule has 0 aliphatic carbocycles. The largest absolute Gasteiger partial charge is 0.480 e. The highest BCUT2D eigenvalue weighted by Gasteiger charge is 2.22. The van der Waals surface area contributed by atoms with Crippen LogP contribution in [0.3, 0.4) is 0 Å². The van der Waals surface area contributed by atoms with E-state index in [4.69, 9.17) is 9.84 Å². The van der Waals surface area contributed by atoms with E-state index in [2.05, 4.69) is 16.0 Å². The number of hydrogen-bond donors (Lipinski definition) is 4. The zero-order valence-electron chi connectivity index (χ0n) is 15.6. The third kappa shape index (κ3) is 9.83. The van der Waals surface area contributed by atoms with Gasteiger partial charge in [0.1, 0.15) is 24.7 Å². The number of alkyl carbamates (subject to hydrolysis) is 1. The maximum Gasteiger partial charge on any atom is 0.408 e. The maximum absolute atomic E-state index is 12.2. The highest BCUT2D eigenvalue weighted by Crippen LogP contribution is 2.06. The minimum atomic E-state index is -1.19. The van der Waals surface area contributed by atoms with Crippen LogP contribution in [-0.2, 0) is 25.5 Å². The fourth-order valence-corrected chi connectivity index (χ4v) is 2.06. The monoisotopic (exact) mass is 379 g/mol. The first-order valence-electron chi connectivity index (χ1n) is 8.36. The highest BCUT2D eigenvalue weighted by atomic mass is 16.6. The van der Waals surface area contributed by atoms with Crippen LogP contribution in [-0.4, -0.2) is 53.7 Å². The lowest BCUT2D eigenvalue weighted by molar-refractivity contribution is -0.138. The summed E-state index contributed by atoms with van der Waals surface area (Å²) in [6.45, 7) is 4.13. The Balaban J connectivity index is 2.66. The summed E-state index contributed by atoms with van der Waals surface area (Å²) in [5.41, 5.74) is 0.0843. The van der Waals surface area contributed by atoms with E-state index < -0.39 is 42.1 Å². The molecule has 0 bridgehead atoms. The summed E-state index contributed by atoms with van der Waals surface area (Å²) in [4.78, 5) is 46.5. The fraction of sp³-hybridized carbons (Fsp3) is 0.444. The molecule has 0 fully saturated rings. The molecule has 0 saturated heterocycles. The summed E-state index contributed by atoms with van der Waals surface area (Å²) in [6, 6.07) is 7.96. The predicted octanol–water partition coefficient (Wildman–Crippen LogP) is 0.439. The van der Waals surface area contributed by atoms with Crippen molar-refractivity contribution in [3.8, 4) is 0 Å². The lowest BCUT2D eigenvalue weighted by atomic mass is 10.1. The number of carbonyl (C=O) groups is 4. The Hall–Kier alpha value is -3.10. The molecule has 27 heavy (non-hydrogen) atoms. The van der Waals surface area contributed by atoms with Crippen molar-refractivity contribution in [2.75, 3.05) is 13.1 Å². The smallest absolute Gasteiger partial charge is 0.408 e. The van der Waals surface area contributed by atoms with Gasteiger partial charge in [0.25, 0.3) is 0 Å². The second-order valence-corrected chi connectivity index (χ2v) is 6.78. The van der Waals surface area contributed by atoms with Crippen molar-refractivity contribution in [2.45, 2.75) is 38.8 Å². The van der Waals surface area contributed by atoms with E-state index in [9.17, 15) is 19.2 Å². The Morgan fingerprint density at radius 1 is 1.04 bits per heavy atom. The van der Waals surface area contributed by atoms with Gasteiger partial charge in [0, 0.05) is 6.42 Å². The van der Waals surface area contributed by atoms with E-state index in [1.807, 2.05) is 6.07 Å². The number of carboxylic acid groups (broad SMARTS) is 1. The molecule has 0 aromatic heterocycles. The molecule has 4 N–H and O–H groups in total. The number of aliphatic carboxylic acids is 1. The zero-order chi connectivity index (χ0) is 20.4. The summed E-state index contributed by atoms with van der Waals surface area (Å²) >= 11 is 0. The Labute approximate surface area is 157 Å². The van der Waals surface area contributed by atoms with Gasteiger partial charge in [-0.3, -0.25) is 14.4 Å². The van der Waals surface area contributed by atoms with Gasteiger partial charge in [-0.05, 0) is 26.3 Å². The molecule has 0 spiro atoms. The molecule has 0 saturated carbocycles. The molecule has 0 unspecified atom stereocenters. The molecule has 1 aromatic carbocycles. The second-order valence-electron chi connectivity index (χ2n) is 6.78. The lowest BCUT2D eigenvalue weighted by Crippen LogP contribution is -2.51. The van der Waals surface area contributed by atoms with Crippen LogP contribution < -0.4 is 16.0 Å². The fourth-order valence-electron chi connectivity index (χ4n) is 2.06. The van der Waals surface area contributed by atoms with Gasteiger partial charge in [-0.2, -0.15) is 0 Å². The summed E-state index contributed by atoms with van der Waals surface area (Å²) < 4.78 is 5.03. The van der Waals surface area contributed by atoms with Crippen LogP contribution in [0.2, 0.25) is 0 Å². The first kappa shape index (κ1) is 21.9. The van der Waals surface area contributed by atoms with Crippen molar-refractivity contribution in [1.29, 1.82) is 0 Å². The molecule has 0 heterocycles. The van der Waals surface area contributed by atoms with E-state index in [0.717, 1.165) is 5.56 Å². The van der Waals surface area contributed by atoms with Gasteiger partial charge in [0.05, 0.1) is 0 Å². The Morgan fingerprint density at radius 2 is 1.67 bits per heavy atom. The summed E-state index contributed by atoms with van der Waals surface area (Å²) in [7, 11) is 0. The third-order valence-electron chi connectivity index (χ3n) is 3.14. The number of nitrogens with one attached hydrogen (secondary N) is 3. The number of ether oxygens (including phenoxy) is 1. The Kier molecular flexibility index (Phi) is 8.25. The SMILES string of the molecule is CC(C)(C)OC(=O)NCC(=O)N[C@@H](Cc1ccccc1)C(=O)NCC(=O)O. The van der Waals surface area contributed by atoms with E-state index in [1.54, 1.807) is 45.0 Å². The average Bonchev–Trinajstić information content (AvgIpc) is 2.56. The van der Waals surface area contributed by atoms with Crippen molar-refractivity contribution in [3.05, 3.63) is 35.9 Å². The van der Waals surface area contributed by atoms with Crippen LogP contribution in [0.5, 0.6) is 0 Å². The number of amides is 3. The number of carboxylic acids is 1. The molecule has 0 aliphatic heterocycles. The lowest BCUT2D eigenvalue weighted by Gasteiger charge is -2.21. The highest BCUT2D eigenvalue weighted by molar-refractivity contribution is 5.91. The van der Waals surface area contributed by atoms with Crippen LogP contribution in [0.25, 0.3) is 0 Å². The van der Waals surface area contributed by atoms with Crippen LogP contribution in [0.15, 0.2) is 30.3 Å². The molecule has 1 aromatic rings. The van der Waals surface area contributed by atoms with E-state index in [-0.39, 0.29) is 13.0 Å². The zero-order valence-corrected chi connectivity index (χ0v) is 15.6. The summed E-state index contributed by atoms with van der Waals surface area (Å²) in [6.07, 6.45) is -0.586. The first-order valence-corrected chi connectivity index (χ1v) is 8.36. The molecule has 3 amide bonds. The van der Waals surface area contributed by atoms with Crippen molar-refractivity contribution < 1.29 is 29.0 Å². The van der Waals surface area contributed by atoms with Crippen LogP contribution in [0, 0.1) is 0 Å². The number of benzene rings is 1. The quantitative estimate of drug-likeness (QED) is 0.518. The standard InChI is InChI=1S/C18H25N3O6/c1-18(2,3)27-17(26)20-10-14(22)21-13(16(25)19-11-15(23)24)9-12-7-5-4-6-8-12/h4-8,13H,9-11H2,1-3H3,(H,19,25)(H,20,26)(H,21,22)(H,23,24)/t13-/m0/s1. The van der Waals surface area contributed by atoms with Crippen molar-refractivity contribution in [2.24, 2.45) is 0 Å². The molecule has 148 valence electrons. The molecule has 1 rings (SSSR count). The molecule has 1 atom stereocenters. The predicted molar refractivity (Wildman–Crippen MR) is 97.0 cm³/mol. The van der Waals surface area contributed by atoms with Gasteiger partial charge in [-0.25, -0.2) is 4.79 Å². The minimum absolute atomic E-state index is 0.171. The first-order chi connectivity index (χ1) is 12.6. The van der Waals surface area contributed by atoms with Gasteiger partial charge in [-0.1, -0.05) is 30.3 Å². The molecular formula is C18H25N3O6. The normalized spacial score (nSPS) is 11.8. The molecule has 9 heteroatoms. The third-order valence-corrected chi connectivity index (χ3v) is 3.14. The van der Waals surface area contributed by atoms with Gasteiger partial charge in [-0.15, -0.1) is 0 Å². The van der Waals surface area contributed by atoms with E-state index >= 15 is 0 Å². The van der Waals surface area contributed by atoms with E-state index in [0.29, 0.717) is 0 Å². The molecule has 9 nitrogen and oxygen atoms in total. The molecule has 0 aliphatic rings. The summed E-state index contributed by atoms with van der Waals surface area (Å²) in [5, 5.41) is 15.7. The van der Waals surface area contributed by atoms with Crippen LogP contribution in [0.1, 0.15) is 26.3 Å².